The summed E-state index contributed by atoms with van der Waals surface area (Å²) in [5.41, 5.74) is 1.94. The molecular weight excluding hydrogens is 404 g/mol. The summed E-state index contributed by atoms with van der Waals surface area (Å²) in [6.45, 7) is 6.05. The molecule has 0 bridgehead atoms. The zero-order chi connectivity index (χ0) is 21.1. The number of hydrogen-bond acceptors (Lipinski definition) is 4. The average Bonchev–Trinajstić information content (AvgIpc) is 3.29. The van der Waals surface area contributed by atoms with Gasteiger partial charge in [-0.25, -0.2) is 16.8 Å². The maximum absolute atomic E-state index is 13.9. The van der Waals surface area contributed by atoms with Crippen LogP contribution in [0.2, 0.25) is 0 Å². The van der Waals surface area contributed by atoms with Gasteiger partial charge < -0.3 is 0 Å². The summed E-state index contributed by atoms with van der Waals surface area (Å²) >= 11 is 0. The molecule has 0 aromatic heterocycles. The molecule has 6 heteroatoms. The molecule has 2 aliphatic rings. The first-order valence-corrected chi connectivity index (χ1v) is 12.8. The summed E-state index contributed by atoms with van der Waals surface area (Å²) in [4.78, 5) is 0.150. The lowest BCUT2D eigenvalue weighted by atomic mass is 9.91. The molecule has 0 radical (unpaired) electrons. The molecular formula is C23H26O4S2. The molecule has 0 spiro atoms. The fourth-order valence-electron chi connectivity index (χ4n) is 5.07. The highest BCUT2D eigenvalue weighted by Crippen LogP contribution is 2.73. The van der Waals surface area contributed by atoms with E-state index in [-0.39, 0.29) is 34.0 Å². The quantitative estimate of drug-likeness (QED) is 0.640. The summed E-state index contributed by atoms with van der Waals surface area (Å²) in [7, 11) is -8.23. The molecule has 2 aromatic carbocycles. The van der Waals surface area contributed by atoms with Crippen LogP contribution in [0.15, 0.2) is 81.6 Å². The number of sulfone groups is 2. The second kappa shape index (κ2) is 6.54. The van der Waals surface area contributed by atoms with E-state index in [9.17, 15) is 16.8 Å². The lowest BCUT2D eigenvalue weighted by Gasteiger charge is -2.32. The van der Waals surface area contributed by atoms with Crippen molar-refractivity contribution < 1.29 is 16.8 Å². The second-order valence-corrected chi connectivity index (χ2v) is 13.4. The Bertz CT molecular complexity index is 1110. The molecule has 2 aliphatic carbocycles. The van der Waals surface area contributed by atoms with Crippen molar-refractivity contribution in [3.63, 3.8) is 0 Å². The predicted molar refractivity (Wildman–Crippen MR) is 114 cm³/mol. The highest BCUT2D eigenvalue weighted by atomic mass is 32.3. The molecule has 0 N–H and O–H groups in total. The maximum atomic E-state index is 13.9. The van der Waals surface area contributed by atoms with Crippen molar-refractivity contribution in [2.45, 2.75) is 53.9 Å². The van der Waals surface area contributed by atoms with Crippen LogP contribution in [0.4, 0.5) is 0 Å². The largest absolute Gasteiger partial charge is 0.222 e. The molecule has 4 rings (SSSR count). The minimum absolute atomic E-state index is 0.0748. The monoisotopic (exact) mass is 430 g/mol. The number of allylic oxidation sites excluding steroid dienone is 2. The number of fused-ring (bicyclic) bond motifs is 1. The van der Waals surface area contributed by atoms with Crippen LogP contribution in [-0.2, 0) is 19.7 Å². The molecule has 2 unspecified atom stereocenters. The van der Waals surface area contributed by atoms with Crippen LogP contribution in [0.5, 0.6) is 0 Å². The molecule has 0 aliphatic heterocycles. The fraction of sp³-hybridized carbons (Fsp3) is 0.391. The molecule has 0 saturated heterocycles. The zero-order valence-electron chi connectivity index (χ0n) is 16.9. The van der Waals surface area contributed by atoms with E-state index in [2.05, 4.69) is 0 Å². The van der Waals surface area contributed by atoms with Crippen molar-refractivity contribution in [3.8, 4) is 0 Å². The Morgan fingerprint density at radius 3 is 1.62 bits per heavy atom. The van der Waals surface area contributed by atoms with Crippen molar-refractivity contribution in [3.05, 3.63) is 71.8 Å². The van der Waals surface area contributed by atoms with Gasteiger partial charge in [-0.3, -0.25) is 0 Å². The Morgan fingerprint density at radius 1 is 0.759 bits per heavy atom. The highest BCUT2D eigenvalue weighted by molar-refractivity contribution is 8.10. The van der Waals surface area contributed by atoms with Crippen molar-refractivity contribution in [2.75, 3.05) is 0 Å². The molecule has 4 nitrogen and oxygen atoms in total. The summed E-state index contributed by atoms with van der Waals surface area (Å²) in [5.74, 6) is 0.0781. The van der Waals surface area contributed by atoms with E-state index in [1.165, 1.54) is 24.3 Å². The van der Waals surface area contributed by atoms with E-state index in [0.29, 0.717) is 0 Å². The second-order valence-electron chi connectivity index (χ2n) is 8.61. The Morgan fingerprint density at radius 2 is 1.21 bits per heavy atom. The highest BCUT2D eigenvalue weighted by Gasteiger charge is 2.74. The van der Waals surface area contributed by atoms with Gasteiger partial charge in [-0.1, -0.05) is 47.5 Å². The predicted octanol–water partition coefficient (Wildman–Crippen LogP) is 4.79. The minimum atomic E-state index is -4.12. The van der Waals surface area contributed by atoms with Crippen molar-refractivity contribution in [1.82, 2.24) is 0 Å². The number of rotatable bonds is 5. The van der Waals surface area contributed by atoms with E-state index in [1.54, 1.807) is 36.4 Å². The van der Waals surface area contributed by atoms with Crippen LogP contribution in [0.25, 0.3) is 0 Å². The first-order chi connectivity index (χ1) is 13.6. The van der Waals surface area contributed by atoms with Gasteiger partial charge in [0.2, 0.25) is 0 Å². The topological polar surface area (TPSA) is 68.3 Å². The molecule has 0 amide bonds. The smallest absolute Gasteiger partial charge is 0.198 e. The van der Waals surface area contributed by atoms with Crippen LogP contribution in [0, 0.1) is 11.3 Å². The fourth-order valence-corrected chi connectivity index (χ4v) is 10.4. The van der Waals surface area contributed by atoms with Crippen molar-refractivity contribution in [2.24, 2.45) is 11.3 Å². The summed E-state index contributed by atoms with van der Waals surface area (Å²) in [6.07, 6.45) is 1.13. The van der Waals surface area contributed by atoms with Crippen molar-refractivity contribution in [1.29, 1.82) is 0 Å². The van der Waals surface area contributed by atoms with Crippen LogP contribution in [0.1, 0.15) is 40.0 Å². The molecule has 2 saturated carbocycles. The van der Waals surface area contributed by atoms with Crippen LogP contribution >= 0.6 is 0 Å². The van der Waals surface area contributed by atoms with E-state index in [4.69, 9.17) is 0 Å². The van der Waals surface area contributed by atoms with Gasteiger partial charge in [0.05, 0.1) is 9.79 Å². The van der Waals surface area contributed by atoms with Gasteiger partial charge in [0.1, 0.15) is 0 Å². The van der Waals surface area contributed by atoms with Gasteiger partial charge in [-0.05, 0) is 75.6 Å². The molecule has 29 heavy (non-hydrogen) atoms. The Hall–Kier alpha value is -1.92. The van der Waals surface area contributed by atoms with Gasteiger partial charge in [-0.2, -0.15) is 0 Å². The summed E-state index contributed by atoms with van der Waals surface area (Å²) in [5, 5.41) is 0. The van der Waals surface area contributed by atoms with Gasteiger partial charge in [0.25, 0.3) is 0 Å². The Balaban J connectivity index is 1.95. The molecule has 154 valence electrons. The molecule has 0 heterocycles. The average molecular weight is 431 g/mol. The minimum Gasteiger partial charge on any atom is -0.222 e. The molecule has 2 fully saturated rings. The third kappa shape index (κ3) is 2.76. The van der Waals surface area contributed by atoms with Gasteiger partial charge in [-0.15, -0.1) is 0 Å². The summed E-state index contributed by atoms with van der Waals surface area (Å²) < 4.78 is 53.7. The van der Waals surface area contributed by atoms with Crippen molar-refractivity contribution >= 4 is 19.7 Å². The number of hydrogen-bond donors (Lipinski definition) is 0. The lowest BCUT2D eigenvalue weighted by Crippen LogP contribution is -2.46. The third-order valence-corrected chi connectivity index (χ3v) is 12.6. The first-order valence-electron chi connectivity index (χ1n) is 9.82. The van der Waals surface area contributed by atoms with E-state index < -0.39 is 23.8 Å². The number of benzene rings is 2. The van der Waals surface area contributed by atoms with Crippen LogP contribution < -0.4 is 0 Å². The van der Waals surface area contributed by atoms with Crippen LogP contribution in [0.3, 0.4) is 0 Å². The van der Waals surface area contributed by atoms with E-state index in [0.717, 1.165) is 17.6 Å². The van der Waals surface area contributed by atoms with E-state index >= 15 is 0 Å². The zero-order valence-corrected chi connectivity index (χ0v) is 18.6. The Kier molecular flexibility index (Phi) is 4.59. The Labute approximate surface area is 173 Å². The third-order valence-electron chi connectivity index (χ3n) is 6.96. The molecule has 2 aromatic rings. The molecule has 2 atom stereocenters. The van der Waals surface area contributed by atoms with Gasteiger partial charge in [0.15, 0.2) is 23.8 Å². The maximum Gasteiger partial charge on any atom is 0.198 e. The van der Waals surface area contributed by atoms with Crippen LogP contribution in [-0.4, -0.2) is 20.9 Å². The van der Waals surface area contributed by atoms with Gasteiger partial charge in [0, 0.05) is 0 Å². The first kappa shape index (κ1) is 20.4. The normalized spacial score (nSPS) is 25.3. The SMILES string of the molecule is CC(C)=C(C)C12CC1CC(S(=O)(=O)c1ccccc1)(S(=O)(=O)c1ccccc1)C2. The lowest BCUT2D eigenvalue weighted by molar-refractivity contribution is 0.498. The summed E-state index contributed by atoms with van der Waals surface area (Å²) in [6, 6.07) is 16.0. The van der Waals surface area contributed by atoms with E-state index in [1.807, 2.05) is 20.8 Å². The van der Waals surface area contributed by atoms with Gasteiger partial charge >= 0.3 is 0 Å². The standard InChI is InChI=1S/C23H26O4S2/c1-17(2)18(3)22-14-19(22)15-23(16-22,28(24,25)20-10-6-4-7-11-20)29(26,27)21-12-8-5-9-13-21/h4-13,19H,14-16H2,1-3H3.